The Morgan fingerprint density at radius 2 is 2.08 bits per heavy atom. The van der Waals surface area contributed by atoms with Crippen molar-refractivity contribution in [1.29, 1.82) is 0 Å². The fourth-order valence-corrected chi connectivity index (χ4v) is 3.66. The molecule has 0 radical (unpaired) electrons. The summed E-state index contributed by atoms with van der Waals surface area (Å²) in [6.07, 6.45) is 2.24. The summed E-state index contributed by atoms with van der Waals surface area (Å²) in [6.45, 7) is 1.82. The van der Waals surface area contributed by atoms with Crippen LogP contribution < -0.4 is 5.32 Å². The minimum Gasteiger partial charge on any atom is -0.333 e. The molecular formula is C18H22FN5O. The highest BCUT2D eigenvalue weighted by atomic mass is 19.1. The van der Waals surface area contributed by atoms with Gasteiger partial charge in [-0.2, -0.15) is 0 Å². The molecule has 1 aliphatic heterocycles. The van der Waals surface area contributed by atoms with E-state index in [2.05, 4.69) is 15.5 Å². The first kappa shape index (κ1) is 16.2. The number of nitrogens with one attached hydrogen (secondary N) is 1. The number of amides is 1. The summed E-state index contributed by atoms with van der Waals surface area (Å²) in [4.78, 5) is 14.5. The number of nitrogens with zero attached hydrogens (tertiary/aromatic N) is 4. The fourth-order valence-electron chi connectivity index (χ4n) is 3.66. The van der Waals surface area contributed by atoms with E-state index >= 15 is 0 Å². The van der Waals surface area contributed by atoms with Crippen LogP contribution in [0.3, 0.4) is 0 Å². The van der Waals surface area contributed by atoms with Crippen LogP contribution in [-0.4, -0.2) is 45.2 Å². The van der Waals surface area contributed by atoms with Crippen LogP contribution in [-0.2, 0) is 24.3 Å². The zero-order chi connectivity index (χ0) is 17.4. The Bertz CT molecular complexity index is 784. The van der Waals surface area contributed by atoms with Crippen molar-refractivity contribution in [3.8, 4) is 0 Å². The minimum absolute atomic E-state index is 0.129. The second-order valence-electron chi connectivity index (χ2n) is 6.87. The number of rotatable bonds is 4. The van der Waals surface area contributed by atoms with Crippen LogP contribution in [0.4, 0.5) is 4.39 Å². The number of aromatic nitrogens is 3. The van der Waals surface area contributed by atoms with Crippen LogP contribution in [0.2, 0.25) is 0 Å². The predicted molar refractivity (Wildman–Crippen MR) is 90.2 cm³/mol. The van der Waals surface area contributed by atoms with Gasteiger partial charge in [-0.25, -0.2) is 4.39 Å². The maximum atomic E-state index is 13.9. The van der Waals surface area contributed by atoms with Gasteiger partial charge in [-0.1, -0.05) is 18.2 Å². The van der Waals surface area contributed by atoms with E-state index in [1.165, 1.54) is 6.07 Å². The summed E-state index contributed by atoms with van der Waals surface area (Å²) in [5.74, 6) is 1.67. The van der Waals surface area contributed by atoms with E-state index in [9.17, 15) is 9.18 Å². The van der Waals surface area contributed by atoms with Crippen LogP contribution in [0.25, 0.3) is 0 Å². The van der Waals surface area contributed by atoms with Gasteiger partial charge in [0.2, 0.25) is 5.91 Å². The number of fused-ring (bicyclic) bond motifs is 1. The smallest absolute Gasteiger partial charge is 0.226 e. The van der Waals surface area contributed by atoms with Crippen molar-refractivity contribution in [3.05, 3.63) is 47.3 Å². The van der Waals surface area contributed by atoms with Crippen LogP contribution in [0.15, 0.2) is 24.3 Å². The molecule has 25 heavy (non-hydrogen) atoms. The number of carbonyl (C=O) groups excluding carboxylic acids is 1. The summed E-state index contributed by atoms with van der Waals surface area (Å²) in [7, 11) is 1.94. The molecule has 2 aromatic rings. The van der Waals surface area contributed by atoms with E-state index in [0.29, 0.717) is 37.7 Å². The number of benzene rings is 1. The van der Waals surface area contributed by atoms with Crippen LogP contribution in [0, 0.1) is 11.7 Å². The van der Waals surface area contributed by atoms with Crippen molar-refractivity contribution in [2.24, 2.45) is 5.92 Å². The number of halogens is 1. The second-order valence-corrected chi connectivity index (χ2v) is 6.87. The summed E-state index contributed by atoms with van der Waals surface area (Å²) in [5.41, 5.74) is 0.615. The molecule has 0 spiro atoms. The van der Waals surface area contributed by atoms with Gasteiger partial charge in [-0.05, 0) is 31.5 Å². The first-order chi connectivity index (χ1) is 12.2. The van der Waals surface area contributed by atoms with E-state index in [1.807, 2.05) is 22.6 Å². The summed E-state index contributed by atoms with van der Waals surface area (Å²) in [5, 5.41) is 11.7. The predicted octanol–water partition coefficient (Wildman–Crippen LogP) is 1.35. The van der Waals surface area contributed by atoms with Gasteiger partial charge in [-0.3, -0.25) is 4.79 Å². The zero-order valence-electron chi connectivity index (χ0n) is 14.3. The lowest BCUT2D eigenvalue weighted by Crippen LogP contribution is -2.49. The van der Waals surface area contributed by atoms with Gasteiger partial charge in [0.15, 0.2) is 5.82 Å². The molecule has 4 rings (SSSR count). The molecule has 2 heterocycles. The first-order valence-corrected chi connectivity index (χ1v) is 8.76. The molecule has 1 N–H and O–H groups in total. The van der Waals surface area contributed by atoms with Crippen molar-refractivity contribution in [2.75, 3.05) is 13.6 Å². The topological polar surface area (TPSA) is 63.1 Å². The molecule has 0 bridgehead atoms. The Kier molecular flexibility index (Phi) is 4.25. The lowest BCUT2D eigenvalue weighted by molar-refractivity contribution is -0.140. The Labute approximate surface area is 146 Å². The molecule has 6 nitrogen and oxygen atoms in total. The monoisotopic (exact) mass is 343 g/mol. The Morgan fingerprint density at radius 1 is 1.28 bits per heavy atom. The highest BCUT2D eigenvalue weighted by Crippen LogP contribution is 2.30. The lowest BCUT2D eigenvalue weighted by atomic mass is 9.79. The third-order valence-electron chi connectivity index (χ3n) is 5.34. The molecule has 0 saturated heterocycles. The van der Waals surface area contributed by atoms with Gasteiger partial charge in [0, 0.05) is 31.5 Å². The maximum Gasteiger partial charge on any atom is 0.226 e. The van der Waals surface area contributed by atoms with Crippen LogP contribution in [0.5, 0.6) is 0 Å². The molecule has 0 atom stereocenters. The molecule has 1 aliphatic carbocycles. The van der Waals surface area contributed by atoms with Gasteiger partial charge in [0.25, 0.3) is 0 Å². The molecule has 1 aromatic carbocycles. The zero-order valence-corrected chi connectivity index (χ0v) is 14.3. The van der Waals surface area contributed by atoms with Crippen LogP contribution >= 0.6 is 0 Å². The molecule has 0 unspecified atom stereocenters. The molecule has 1 amide bonds. The van der Waals surface area contributed by atoms with Crippen LogP contribution in [0.1, 0.15) is 30.1 Å². The Morgan fingerprint density at radius 3 is 2.84 bits per heavy atom. The Hall–Kier alpha value is -2.28. The quantitative estimate of drug-likeness (QED) is 0.910. The molecule has 1 saturated carbocycles. The van der Waals surface area contributed by atoms with Gasteiger partial charge in [0.1, 0.15) is 11.6 Å². The SMILES string of the molecule is CNC1CC(C(=O)N2CCn3c(Cc4ccccc4F)nnc3C2)C1. The number of hydrogen-bond acceptors (Lipinski definition) is 4. The largest absolute Gasteiger partial charge is 0.333 e. The van der Waals surface area contributed by atoms with Crippen molar-refractivity contribution < 1.29 is 9.18 Å². The van der Waals surface area contributed by atoms with E-state index < -0.39 is 0 Å². The van der Waals surface area contributed by atoms with Gasteiger partial charge >= 0.3 is 0 Å². The van der Waals surface area contributed by atoms with Gasteiger partial charge < -0.3 is 14.8 Å². The summed E-state index contributed by atoms with van der Waals surface area (Å²) < 4.78 is 15.9. The third-order valence-corrected chi connectivity index (χ3v) is 5.34. The van der Waals surface area contributed by atoms with E-state index in [4.69, 9.17) is 0 Å². The van der Waals surface area contributed by atoms with Gasteiger partial charge in [-0.15, -0.1) is 10.2 Å². The average Bonchev–Trinajstić information content (AvgIpc) is 2.98. The first-order valence-electron chi connectivity index (χ1n) is 8.76. The fraction of sp³-hybridized carbons (Fsp3) is 0.500. The second kappa shape index (κ2) is 6.55. The Balaban J connectivity index is 1.44. The molecular weight excluding hydrogens is 321 g/mol. The number of carbonyl (C=O) groups is 1. The third kappa shape index (κ3) is 3.04. The molecule has 2 aliphatic rings. The number of hydrogen-bond donors (Lipinski definition) is 1. The van der Waals surface area contributed by atoms with Crippen molar-refractivity contribution >= 4 is 5.91 Å². The molecule has 1 aromatic heterocycles. The normalized spacial score (nSPS) is 22.4. The average molecular weight is 343 g/mol. The highest BCUT2D eigenvalue weighted by molar-refractivity contribution is 5.80. The van der Waals surface area contributed by atoms with E-state index in [1.54, 1.807) is 12.1 Å². The van der Waals surface area contributed by atoms with Gasteiger partial charge in [0.05, 0.1) is 6.54 Å². The van der Waals surface area contributed by atoms with Crippen molar-refractivity contribution in [3.63, 3.8) is 0 Å². The molecule has 7 heteroatoms. The molecule has 1 fully saturated rings. The highest BCUT2D eigenvalue weighted by Gasteiger charge is 2.37. The van der Waals surface area contributed by atoms with E-state index in [-0.39, 0.29) is 17.6 Å². The van der Waals surface area contributed by atoms with Crippen molar-refractivity contribution in [1.82, 2.24) is 25.0 Å². The molecule has 132 valence electrons. The standard InChI is InChI=1S/C18H22FN5O/c1-20-14-8-13(9-14)18(25)23-6-7-24-16(21-22-17(24)11-23)10-12-4-2-3-5-15(12)19/h2-5,13-14,20H,6-11H2,1H3. The summed E-state index contributed by atoms with van der Waals surface area (Å²) >= 11 is 0. The maximum absolute atomic E-state index is 13.9. The lowest BCUT2D eigenvalue weighted by Gasteiger charge is -2.38. The van der Waals surface area contributed by atoms with Crippen molar-refractivity contribution in [2.45, 2.75) is 38.4 Å². The van der Waals surface area contributed by atoms with E-state index in [0.717, 1.165) is 24.5 Å². The summed E-state index contributed by atoms with van der Waals surface area (Å²) in [6, 6.07) is 7.20. The minimum atomic E-state index is -0.225.